The van der Waals surface area contributed by atoms with Crippen molar-refractivity contribution < 1.29 is 14.3 Å². The van der Waals surface area contributed by atoms with Gasteiger partial charge in [0.15, 0.2) is 0 Å². The monoisotopic (exact) mass is 406 g/mol. The summed E-state index contributed by atoms with van der Waals surface area (Å²) in [4.78, 5) is 32.8. The van der Waals surface area contributed by atoms with Crippen LogP contribution in [-0.2, 0) is 14.3 Å². The number of hydrogen-bond acceptors (Lipinski definition) is 7. The maximum Gasteiger partial charge on any atom is 0.323 e. The molecule has 2 aromatic heterocycles. The molecule has 0 atom stereocenters. The molecule has 1 saturated heterocycles. The number of aryl methyl sites for hydroxylation is 1. The van der Waals surface area contributed by atoms with E-state index in [1.54, 1.807) is 29.7 Å². The summed E-state index contributed by atoms with van der Waals surface area (Å²) in [5.41, 5.74) is 12.3. The van der Waals surface area contributed by atoms with Crippen molar-refractivity contribution in [1.82, 2.24) is 20.4 Å². The number of aromatic nitrogens is 2. The number of pyridine rings is 2. The Morgan fingerprint density at radius 2 is 1.93 bits per heavy atom. The second-order valence-electron chi connectivity index (χ2n) is 7.04. The van der Waals surface area contributed by atoms with Gasteiger partial charge in [0.25, 0.3) is 0 Å². The summed E-state index contributed by atoms with van der Waals surface area (Å²) in [6.07, 6.45) is 5.11. The van der Waals surface area contributed by atoms with Crippen LogP contribution in [0.4, 0.5) is 11.5 Å². The Hall–Kier alpha value is -3.56. The molecule has 0 unspecified atom stereocenters. The highest BCUT2D eigenvalue weighted by molar-refractivity contribution is 6.39. The summed E-state index contributed by atoms with van der Waals surface area (Å²) in [6, 6.07) is 7.46. The van der Waals surface area contributed by atoms with Gasteiger partial charge in [-0.15, -0.1) is 0 Å². The number of rotatable bonds is 3. The zero-order chi connectivity index (χ0) is 21.1. The van der Waals surface area contributed by atoms with Gasteiger partial charge in [0.2, 0.25) is 0 Å². The third-order valence-corrected chi connectivity index (χ3v) is 4.94. The van der Waals surface area contributed by atoms with Crippen LogP contribution in [-0.4, -0.2) is 53.1 Å². The van der Waals surface area contributed by atoms with Crippen molar-refractivity contribution in [3.63, 3.8) is 0 Å². The third kappa shape index (κ3) is 4.22. The lowest BCUT2D eigenvalue weighted by Crippen LogP contribution is -2.51. The fourth-order valence-corrected chi connectivity index (χ4v) is 3.32. The molecule has 3 aromatic rings. The van der Waals surface area contributed by atoms with Gasteiger partial charge in [0.05, 0.1) is 13.2 Å². The van der Waals surface area contributed by atoms with Crippen LogP contribution in [0.25, 0.3) is 21.9 Å². The van der Waals surface area contributed by atoms with E-state index in [0.29, 0.717) is 32.0 Å². The maximum absolute atomic E-state index is 12.3. The number of amides is 2. The number of fused-ring (bicyclic) bond motifs is 1. The van der Waals surface area contributed by atoms with Crippen LogP contribution in [0.15, 0.2) is 42.9 Å². The molecule has 3 heterocycles. The molecule has 1 aliphatic rings. The van der Waals surface area contributed by atoms with Gasteiger partial charge < -0.3 is 15.8 Å². The Kier molecular flexibility index (Phi) is 5.55. The van der Waals surface area contributed by atoms with Crippen molar-refractivity contribution in [3.8, 4) is 11.1 Å². The lowest BCUT2D eigenvalue weighted by Gasteiger charge is -2.26. The van der Waals surface area contributed by atoms with Gasteiger partial charge in [0, 0.05) is 48.3 Å². The van der Waals surface area contributed by atoms with Crippen LogP contribution in [0.2, 0.25) is 0 Å². The first kappa shape index (κ1) is 19.7. The van der Waals surface area contributed by atoms with E-state index in [0.717, 1.165) is 27.5 Å². The average molecular weight is 406 g/mol. The van der Waals surface area contributed by atoms with Gasteiger partial charge in [-0.1, -0.05) is 0 Å². The lowest BCUT2D eigenvalue weighted by atomic mass is 9.99. The molecule has 154 valence electrons. The predicted molar refractivity (Wildman–Crippen MR) is 113 cm³/mol. The molecular weight excluding hydrogens is 384 g/mol. The summed E-state index contributed by atoms with van der Waals surface area (Å²) >= 11 is 0. The summed E-state index contributed by atoms with van der Waals surface area (Å²) in [7, 11) is 0. The van der Waals surface area contributed by atoms with Gasteiger partial charge in [-0.3, -0.25) is 20.0 Å². The first-order chi connectivity index (χ1) is 14.5. The Morgan fingerprint density at radius 3 is 2.70 bits per heavy atom. The smallest absolute Gasteiger partial charge is 0.323 e. The van der Waals surface area contributed by atoms with Gasteiger partial charge in [-0.05, 0) is 47.7 Å². The number of ether oxygens (including phenoxy) is 1. The van der Waals surface area contributed by atoms with Crippen molar-refractivity contribution in [2.75, 3.05) is 37.4 Å². The normalized spacial score (nSPS) is 14.4. The molecule has 0 bridgehead atoms. The predicted octanol–water partition coefficient (Wildman–Crippen LogP) is 1.49. The quantitative estimate of drug-likeness (QED) is 0.445. The molecule has 4 N–H and O–H groups in total. The Morgan fingerprint density at radius 1 is 1.13 bits per heavy atom. The molecule has 4 rings (SSSR count). The fraction of sp³-hybridized carbons (Fsp3) is 0.238. The zero-order valence-electron chi connectivity index (χ0n) is 16.5. The Labute approximate surface area is 173 Å². The number of nitrogens with one attached hydrogen (secondary N) is 2. The number of nitrogen functional groups attached to an aromatic ring is 1. The van der Waals surface area contributed by atoms with Crippen molar-refractivity contribution in [2.45, 2.75) is 6.92 Å². The summed E-state index contributed by atoms with van der Waals surface area (Å²) in [5, 5.41) is 5.75. The summed E-state index contributed by atoms with van der Waals surface area (Å²) < 4.78 is 5.22. The highest BCUT2D eigenvalue weighted by Crippen LogP contribution is 2.31. The first-order valence-corrected chi connectivity index (χ1v) is 9.56. The third-order valence-electron chi connectivity index (χ3n) is 4.94. The van der Waals surface area contributed by atoms with Crippen LogP contribution in [0.5, 0.6) is 0 Å². The first-order valence-electron chi connectivity index (χ1n) is 9.56. The van der Waals surface area contributed by atoms with Crippen molar-refractivity contribution in [2.24, 2.45) is 0 Å². The van der Waals surface area contributed by atoms with Gasteiger partial charge in [-0.2, -0.15) is 0 Å². The van der Waals surface area contributed by atoms with Crippen LogP contribution in [0.3, 0.4) is 0 Å². The van der Waals surface area contributed by atoms with Crippen molar-refractivity contribution in [3.05, 3.63) is 48.4 Å². The Balaban J connectivity index is 1.55. The van der Waals surface area contributed by atoms with E-state index in [2.05, 4.69) is 20.7 Å². The van der Waals surface area contributed by atoms with E-state index < -0.39 is 11.8 Å². The highest BCUT2D eigenvalue weighted by Gasteiger charge is 2.19. The van der Waals surface area contributed by atoms with Gasteiger partial charge >= 0.3 is 11.8 Å². The second kappa shape index (κ2) is 8.44. The van der Waals surface area contributed by atoms with Gasteiger partial charge in [-0.25, -0.2) is 9.99 Å². The topological polar surface area (TPSA) is 122 Å². The molecule has 0 saturated carbocycles. The van der Waals surface area contributed by atoms with E-state index in [9.17, 15) is 9.59 Å². The molecular formula is C21H22N6O3. The number of carbonyl (C=O) groups is 2. The van der Waals surface area contributed by atoms with E-state index in [-0.39, 0.29) is 5.82 Å². The Bertz CT molecular complexity index is 1110. The minimum absolute atomic E-state index is 0.268. The van der Waals surface area contributed by atoms with E-state index in [1.807, 2.05) is 25.1 Å². The molecule has 1 fully saturated rings. The van der Waals surface area contributed by atoms with Crippen molar-refractivity contribution in [1.29, 1.82) is 0 Å². The van der Waals surface area contributed by atoms with Crippen LogP contribution in [0, 0.1) is 6.92 Å². The summed E-state index contributed by atoms with van der Waals surface area (Å²) in [5.74, 6) is -1.28. The summed E-state index contributed by atoms with van der Waals surface area (Å²) in [6.45, 7) is 4.08. The minimum Gasteiger partial charge on any atom is -0.398 e. The lowest BCUT2D eigenvalue weighted by molar-refractivity contribution is -0.140. The zero-order valence-corrected chi connectivity index (χ0v) is 16.5. The number of anilines is 2. The molecule has 0 spiro atoms. The number of nitrogens with zero attached hydrogens (tertiary/aromatic N) is 3. The minimum atomic E-state index is -0.791. The molecule has 2 amide bonds. The largest absolute Gasteiger partial charge is 0.398 e. The standard InChI is InChI=1S/C21H22N6O3/c1-13-2-3-23-11-16(13)14-8-15-10-19(24-12-17(15)18(22)9-14)25-20(28)21(29)26-27-4-6-30-7-5-27/h2-3,8-12H,4-7,22H2,1H3,(H,26,29)(H,24,25,28). The molecule has 1 aromatic carbocycles. The SMILES string of the molecule is Cc1ccncc1-c1cc(N)c2cnc(NC(=O)C(=O)NN3CCOCC3)cc2c1. The molecule has 0 radical (unpaired) electrons. The number of hydrogen-bond donors (Lipinski definition) is 3. The highest BCUT2D eigenvalue weighted by atomic mass is 16.5. The molecule has 9 heteroatoms. The maximum atomic E-state index is 12.3. The van der Waals surface area contributed by atoms with Gasteiger partial charge in [0.1, 0.15) is 5.82 Å². The van der Waals surface area contributed by atoms with Crippen LogP contribution in [0.1, 0.15) is 5.56 Å². The van der Waals surface area contributed by atoms with Crippen LogP contribution >= 0.6 is 0 Å². The average Bonchev–Trinajstić information content (AvgIpc) is 2.74. The number of nitrogens with two attached hydrogens (primary N) is 1. The molecule has 0 aliphatic carbocycles. The van der Waals surface area contributed by atoms with E-state index in [4.69, 9.17) is 10.5 Å². The molecule has 1 aliphatic heterocycles. The second-order valence-corrected chi connectivity index (χ2v) is 7.04. The fourth-order valence-electron chi connectivity index (χ4n) is 3.32. The number of carbonyl (C=O) groups excluding carboxylic acids is 2. The number of hydrazine groups is 1. The van der Waals surface area contributed by atoms with Crippen molar-refractivity contribution >= 4 is 34.1 Å². The number of benzene rings is 1. The molecule has 30 heavy (non-hydrogen) atoms. The van der Waals surface area contributed by atoms with E-state index >= 15 is 0 Å². The molecule has 9 nitrogen and oxygen atoms in total. The van der Waals surface area contributed by atoms with Crippen LogP contribution < -0.4 is 16.5 Å². The van der Waals surface area contributed by atoms with E-state index in [1.165, 1.54) is 0 Å². The number of morpholine rings is 1.